The van der Waals surface area contributed by atoms with Crippen LogP contribution in [0.5, 0.6) is 0 Å². The Morgan fingerprint density at radius 1 is 1.15 bits per heavy atom. The van der Waals surface area contributed by atoms with E-state index in [-0.39, 0.29) is 5.97 Å². The maximum absolute atomic E-state index is 12.0. The van der Waals surface area contributed by atoms with Crippen LogP contribution in [0.2, 0.25) is 0 Å². The number of rotatable bonds is 9. The zero-order valence-corrected chi connectivity index (χ0v) is 13.2. The fourth-order valence-corrected chi connectivity index (χ4v) is 2.45. The van der Waals surface area contributed by atoms with Gasteiger partial charge in [-0.05, 0) is 37.8 Å². The molecule has 1 aromatic carbocycles. The third-order valence-corrected chi connectivity index (χ3v) is 3.62. The first-order valence-electron chi connectivity index (χ1n) is 7.91. The van der Waals surface area contributed by atoms with Gasteiger partial charge in [0.1, 0.15) is 0 Å². The number of unbranched alkanes of at least 4 members (excludes halogenated alkanes) is 2. The lowest BCUT2D eigenvalue weighted by Gasteiger charge is -2.16. The van der Waals surface area contributed by atoms with E-state index in [4.69, 9.17) is 4.74 Å². The third-order valence-electron chi connectivity index (χ3n) is 3.62. The van der Waals surface area contributed by atoms with E-state index in [1.165, 1.54) is 25.7 Å². The third kappa shape index (κ3) is 6.23. The average molecular weight is 276 g/mol. The molecule has 0 aliphatic carbocycles. The van der Waals surface area contributed by atoms with Gasteiger partial charge in [0, 0.05) is 0 Å². The van der Waals surface area contributed by atoms with Crippen LogP contribution in [0.3, 0.4) is 0 Å². The SMILES string of the molecule is CCCCCC(CCC)COC(=O)c1cccc(C)c1. The van der Waals surface area contributed by atoms with Crippen LogP contribution in [0.4, 0.5) is 0 Å². The molecule has 0 N–H and O–H groups in total. The molecule has 0 saturated carbocycles. The molecular weight excluding hydrogens is 248 g/mol. The van der Waals surface area contributed by atoms with Crippen molar-refractivity contribution in [3.63, 3.8) is 0 Å². The van der Waals surface area contributed by atoms with Gasteiger partial charge in [-0.1, -0.05) is 57.2 Å². The number of hydrogen-bond acceptors (Lipinski definition) is 2. The van der Waals surface area contributed by atoms with E-state index >= 15 is 0 Å². The zero-order chi connectivity index (χ0) is 14.8. The maximum Gasteiger partial charge on any atom is 0.338 e. The molecule has 1 unspecified atom stereocenters. The number of aryl methyl sites for hydroxylation is 1. The summed E-state index contributed by atoms with van der Waals surface area (Å²) in [5.41, 5.74) is 1.75. The fourth-order valence-electron chi connectivity index (χ4n) is 2.45. The molecule has 0 fully saturated rings. The molecule has 1 atom stereocenters. The van der Waals surface area contributed by atoms with Gasteiger partial charge in [-0.3, -0.25) is 0 Å². The number of carbonyl (C=O) groups is 1. The molecule has 2 nitrogen and oxygen atoms in total. The summed E-state index contributed by atoms with van der Waals surface area (Å²) in [4.78, 5) is 12.0. The number of hydrogen-bond donors (Lipinski definition) is 0. The second kappa shape index (κ2) is 9.57. The summed E-state index contributed by atoms with van der Waals surface area (Å²) >= 11 is 0. The van der Waals surface area contributed by atoms with Crippen LogP contribution in [0, 0.1) is 12.8 Å². The van der Waals surface area contributed by atoms with Crippen LogP contribution in [0.15, 0.2) is 24.3 Å². The lowest BCUT2D eigenvalue weighted by Crippen LogP contribution is -2.14. The van der Waals surface area contributed by atoms with Gasteiger partial charge in [0.25, 0.3) is 0 Å². The first kappa shape index (κ1) is 16.7. The van der Waals surface area contributed by atoms with E-state index in [0.717, 1.165) is 18.4 Å². The molecule has 1 rings (SSSR count). The Morgan fingerprint density at radius 3 is 2.60 bits per heavy atom. The van der Waals surface area contributed by atoms with Crippen LogP contribution in [-0.4, -0.2) is 12.6 Å². The number of ether oxygens (including phenoxy) is 1. The van der Waals surface area contributed by atoms with Crippen LogP contribution < -0.4 is 0 Å². The summed E-state index contributed by atoms with van der Waals surface area (Å²) in [6.07, 6.45) is 7.21. The molecular formula is C18H28O2. The number of carbonyl (C=O) groups excluding carboxylic acids is 1. The van der Waals surface area contributed by atoms with Gasteiger partial charge < -0.3 is 4.74 Å². The molecule has 1 aromatic rings. The Balaban J connectivity index is 2.43. The summed E-state index contributed by atoms with van der Waals surface area (Å²) in [5.74, 6) is 0.325. The van der Waals surface area contributed by atoms with Crippen LogP contribution in [0.1, 0.15) is 68.3 Å². The molecule has 0 radical (unpaired) electrons. The van der Waals surface area contributed by atoms with Crippen LogP contribution in [-0.2, 0) is 4.74 Å². The molecule has 112 valence electrons. The molecule has 20 heavy (non-hydrogen) atoms. The minimum atomic E-state index is -0.190. The standard InChI is InChI=1S/C18H28O2/c1-4-6-7-11-16(9-5-2)14-20-18(19)17-12-8-10-15(3)13-17/h8,10,12-13,16H,4-7,9,11,14H2,1-3H3. The minimum absolute atomic E-state index is 0.190. The highest BCUT2D eigenvalue weighted by atomic mass is 16.5. The smallest absolute Gasteiger partial charge is 0.338 e. The van der Waals surface area contributed by atoms with Crippen molar-refractivity contribution in [3.05, 3.63) is 35.4 Å². The topological polar surface area (TPSA) is 26.3 Å². The predicted molar refractivity (Wildman–Crippen MR) is 84.0 cm³/mol. The summed E-state index contributed by atoms with van der Waals surface area (Å²) < 4.78 is 5.49. The van der Waals surface area contributed by atoms with Gasteiger partial charge in [-0.2, -0.15) is 0 Å². The number of esters is 1. The van der Waals surface area contributed by atoms with E-state index < -0.39 is 0 Å². The minimum Gasteiger partial charge on any atom is -0.462 e. The van der Waals surface area contributed by atoms with Gasteiger partial charge in [-0.15, -0.1) is 0 Å². The van der Waals surface area contributed by atoms with Crippen LogP contribution in [0.25, 0.3) is 0 Å². The second-order valence-electron chi connectivity index (χ2n) is 5.62. The van der Waals surface area contributed by atoms with E-state index in [2.05, 4.69) is 13.8 Å². The van der Waals surface area contributed by atoms with Gasteiger partial charge in [-0.25, -0.2) is 4.79 Å². The van der Waals surface area contributed by atoms with Gasteiger partial charge in [0.2, 0.25) is 0 Å². The highest BCUT2D eigenvalue weighted by molar-refractivity contribution is 5.89. The quantitative estimate of drug-likeness (QED) is 0.460. The van der Waals surface area contributed by atoms with Gasteiger partial charge in [0.05, 0.1) is 12.2 Å². The first-order chi connectivity index (χ1) is 9.67. The Hall–Kier alpha value is -1.31. The highest BCUT2D eigenvalue weighted by Crippen LogP contribution is 2.17. The summed E-state index contributed by atoms with van der Waals surface area (Å²) in [6.45, 7) is 6.95. The maximum atomic E-state index is 12.0. The second-order valence-corrected chi connectivity index (χ2v) is 5.62. The largest absolute Gasteiger partial charge is 0.462 e. The molecule has 0 amide bonds. The number of benzene rings is 1. The van der Waals surface area contributed by atoms with Crippen molar-refractivity contribution in [3.8, 4) is 0 Å². The molecule has 0 heterocycles. The molecule has 0 aliphatic heterocycles. The Kier molecular flexibility index (Phi) is 8.01. The van der Waals surface area contributed by atoms with Crippen molar-refractivity contribution in [2.24, 2.45) is 5.92 Å². The lowest BCUT2D eigenvalue weighted by atomic mass is 9.97. The Bertz CT molecular complexity index is 398. The van der Waals surface area contributed by atoms with Crippen LogP contribution >= 0.6 is 0 Å². The lowest BCUT2D eigenvalue weighted by molar-refractivity contribution is 0.0423. The van der Waals surface area contributed by atoms with Crippen molar-refractivity contribution in [1.29, 1.82) is 0 Å². The monoisotopic (exact) mass is 276 g/mol. The molecule has 2 heteroatoms. The van der Waals surface area contributed by atoms with Gasteiger partial charge in [0.15, 0.2) is 0 Å². The van der Waals surface area contributed by atoms with E-state index in [1.54, 1.807) is 0 Å². The molecule has 0 spiro atoms. The first-order valence-corrected chi connectivity index (χ1v) is 7.91. The summed E-state index contributed by atoms with van der Waals surface area (Å²) in [7, 11) is 0. The van der Waals surface area contributed by atoms with Gasteiger partial charge >= 0.3 is 5.97 Å². The Morgan fingerprint density at radius 2 is 1.95 bits per heavy atom. The Labute approximate surface area is 123 Å². The molecule has 0 aliphatic rings. The fraction of sp³-hybridized carbons (Fsp3) is 0.611. The molecule has 0 aromatic heterocycles. The van der Waals surface area contributed by atoms with Crippen molar-refractivity contribution >= 4 is 5.97 Å². The summed E-state index contributed by atoms with van der Waals surface area (Å²) in [6, 6.07) is 7.59. The van der Waals surface area contributed by atoms with Crippen molar-refractivity contribution in [2.75, 3.05) is 6.61 Å². The predicted octanol–water partition coefficient (Wildman–Crippen LogP) is 5.15. The average Bonchev–Trinajstić information content (AvgIpc) is 2.44. The zero-order valence-electron chi connectivity index (χ0n) is 13.2. The van der Waals surface area contributed by atoms with E-state index in [0.29, 0.717) is 18.1 Å². The molecule has 0 bridgehead atoms. The van der Waals surface area contributed by atoms with E-state index in [1.807, 2.05) is 31.2 Å². The van der Waals surface area contributed by atoms with Crippen molar-refractivity contribution in [2.45, 2.75) is 59.3 Å². The van der Waals surface area contributed by atoms with Crippen molar-refractivity contribution in [1.82, 2.24) is 0 Å². The van der Waals surface area contributed by atoms with E-state index in [9.17, 15) is 4.79 Å². The highest BCUT2D eigenvalue weighted by Gasteiger charge is 2.12. The van der Waals surface area contributed by atoms with Crippen molar-refractivity contribution < 1.29 is 9.53 Å². The normalized spacial score (nSPS) is 12.2. The molecule has 0 saturated heterocycles. The summed E-state index contributed by atoms with van der Waals surface area (Å²) in [5, 5.41) is 0.